The lowest BCUT2D eigenvalue weighted by Gasteiger charge is -2.41. The Hall–Kier alpha value is -3.40. The van der Waals surface area contributed by atoms with Crippen LogP contribution in [0.25, 0.3) is 0 Å². The van der Waals surface area contributed by atoms with Gasteiger partial charge >= 0.3 is 0 Å². The molecule has 152 valence electrons. The Balaban J connectivity index is 1.86. The van der Waals surface area contributed by atoms with Crippen LogP contribution < -0.4 is 9.80 Å². The van der Waals surface area contributed by atoms with Gasteiger partial charge in [-0.05, 0) is 62.1 Å². The van der Waals surface area contributed by atoms with Gasteiger partial charge < -0.3 is 4.90 Å². The van der Waals surface area contributed by atoms with Crippen LogP contribution in [0.3, 0.4) is 0 Å². The predicted molar refractivity (Wildman–Crippen MR) is 121 cm³/mol. The van der Waals surface area contributed by atoms with Gasteiger partial charge in [-0.25, -0.2) is 0 Å². The summed E-state index contributed by atoms with van der Waals surface area (Å²) in [6.45, 7) is 8.05. The molecule has 1 saturated heterocycles. The van der Waals surface area contributed by atoms with Crippen LogP contribution in [0.15, 0.2) is 66.7 Å². The maximum absolute atomic E-state index is 13.8. The second-order valence-corrected chi connectivity index (χ2v) is 8.01. The fourth-order valence-corrected chi connectivity index (χ4v) is 4.20. The summed E-state index contributed by atoms with van der Waals surface area (Å²) in [6, 6.07) is 20.7. The first-order chi connectivity index (χ1) is 14.4. The van der Waals surface area contributed by atoms with Gasteiger partial charge in [-0.2, -0.15) is 0 Å². The van der Waals surface area contributed by atoms with Gasteiger partial charge in [-0.3, -0.25) is 14.5 Å². The van der Waals surface area contributed by atoms with E-state index >= 15 is 0 Å². The van der Waals surface area contributed by atoms with Crippen LogP contribution in [-0.4, -0.2) is 18.4 Å². The zero-order valence-corrected chi connectivity index (χ0v) is 17.8. The summed E-state index contributed by atoms with van der Waals surface area (Å²) in [7, 11) is 0. The van der Waals surface area contributed by atoms with Crippen molar-refractivity contribution in [1.82, 2.24) is 0 Å². The van der Waals surface area contributed by atoms with Crippen LogP contribution >= 0.6 is 0 Å². The number of aryl methyl sites for hydroxylation is 3. The molecule has 0 saturated carbocycles. The van der Waals surface area contributed by atoms with Crippen LogP contribution in [0.4, 0.5) is 11.4 Å². The molecule has 1 aliphatic rings. The van der Waals surface area contributed by atoms with Gasteiger partial charge in [0, 0.05) is 11.4 Å². The minimum Gasteiger partial charge on any atom is -0.301 e. The molecule has 0 bridgehead atoms. The van der Waals surface area contributed by atoms with Crippen molar-refractivity contribution < 1.29 is 9.59 Å². The minimum absolute atomic E-state index is 0.0276. The number of benzene rings is 3. The lowest BCUT2D eigenvalue weighted by atomic mass is 9.97. The van der Waals surface area contributed by atoms with Gasteiger partial charge in [-0.1, -0.05) is 60.2 Å². The van der Waals surface area contributed by atoms with Gasteiger partial charge in [-0.15, -0.1) is 0 Å². The van der Waals surface area contributed by atoms with E-state index in [1.807, 2.05) is 94.4 Å². The minimum atomic E-state index is -0.700. The van der Waals surface area contributed by atoms with Crippen LogP contribution in [0.1, 0.15) is 33.9 Å². The summed E-state index contributed by atoms with van der Waals surface area (Å²) < 4.78 is 0. The molecular formula is C26H26N2O2. The van der Waals surface area contributed by atoms with E-state index in [-0.39, 0.29) is 18.4 Å². The molecule has 0 spiro atoms. The number of amides is 2. The fraction of sp³-hybridized carbons (Fsp3) is 0.231. The first-order valence-corrected chi connectivity index (χ1v) is 10.2. The van der Waals surface area contributed by atoms with Gasteiger partial charge in [0.1, 0.15) is 12.6 Å². The van der Waals surface area contributed by atoms with E-state index in [2.05, 4.69) is 0 Å². The molecule has 2 amide bonds. The fourth-order valence-electron chi connectivity index (χ4n) is 4.20. The summed E-state index contributed by atoms with van der Waals surface area (Å²) in [4.78, 5) is 30.6. The zero-order valence-electron chi connectivity index (χ0n) is 17.8. The Bertz CT molecular complexity index is 1120. The molecular weight excluding hydrogens is 372 g/mol. The Kier molecular flexibility index (Phi) is 5.17. The average Bonchev–Trinajstić information content (AvgIpc) is 2.72. The number of hydrogen-bond donors (Lipinski definition) is 0. The number of carbonyl (C=O) groups excluding carboxylic acids is 2. The number of hydrogen-bond acceptors (Lipinski definition) is 2. The highest BCUT2D eigenvalue weighted by Crippen LogP contribution is 2.37. The van der Waals surface area contributed by atoms with Gasteiger partial charge in [0.05, 0.1) is 0 Å². The number of rotatable bonds is 3. The maximum atomic E-state index is 13.8. The van der Waals surface area contributed by atoms with Crippen molar-refractivity contribution in [3.05, 3.63) is 94.5 Å². The quantitative estimate of drug-likeness (QED) is 0.620. The van der Waals surface area contributed by atoms with Crippen molar-refractivity contribution in [1.29, 1.82) is 0 Å². The highest BCUT2D eigenvalue weighted by atomic mass is 16.2. The molecule has 3 aromatic carbocycles. The summed E-state index contributed by atoms with van der Waals surface area (Å²) in [5.74, 6) is -0.175. The topological polar surface area (TPSA) is 40.6 Å². The predicted octanol–water partition coefficient (Wildman–Crippen LogP) is 5.04. The van der Waals surface area contributed by atoms with E-state index in [1.54, 1.807) is 9.80 Å². The molecule has 0 aromatic heterocycles. The van der Waals surface area contributed by atoms with Gasteiger partial charge in [0.25, 0.3) is 5.91 Å². The summed E-state index contributed by atoms with van der Waals surface area (Å²) >= 11 is 0. The zero-order chi connectivity index (χ0) is 21.4. The SMILES string of the molecule is Cc1ccc(N2C(=O)CN(c3cccc(C)c3C)C(=O)C2c2ccccc2)c(C)c1. The Morgan fingerprint density at radius 2 is 1.50 bits per heavy atom. The van der Waals surface area contributed by atoms with E-state index in [9.17, 15) is 9.59 Å². The number of nitrogens with zero attached hydrogens (tertiary/aromatic N) is 2. The molecule has 1 heterocycles. The lowest BCUT2D eigenvalue weighted by molar-refractivity contribution is -0.128. The van der Waals surface area contributed by atoms with Crippen LogP contribution in [0.5, 0.6) is 0 Å². The average molecular weight is 399 g/mol. The monoisotopic (exact) mass is 398 g/mol. The van der Waals surface area contributed by atoms with Gasteiger partial charge in [0.2, 0.25) is 5.91 Å². The Labute approximate surface area is 177 Å². The maximum Gasteiger partial charge on any atom is 0.255 e. The van der Waals surface area contributed by atoms with E-state index in [0.29, 0.717) is 0 Å². The first-order valence-electron chi connectivity index (χ1n) is 10.2. The van der Waals surface area contributed by atoms with E-state index < -0.39 is 6.04 Å². The molecule has 4 heteroatoms. The molecule has 0 radical (unpaired) electrons. The smallest absolute Gasteiger partial charge is 0.255 e. The molecule has 1 aliphatic heterocycles. The third-order valence-electron chi connectivity index (χ3n) is 5.91. The van der Waals surface area contributed by atoms with E-state index in [1.165, 1.54) is 0 Å². The normalized spacial score (nSPS) is 16.9. The van der Waals surface area contributed by atoms with Crippen molar-refractivity contribution >= 4 is 23.2 Å². The van der Waals surface area contributed by atoms with Crippen molar-refractivity contribution in [3.8, 4) is 0 Å². The van der Waals surface area contributed by atoms with Crippen molar-refractivity contribution in [3.63, 3.8) is 0 Å². The highest BCUT2D eigenvalue weighted by molar-refractivity contribution is 6.15. The largest absolute Gasteiger partial charge is 0.301 e. The molecule has 1 atom stereocenters. The first kappa shape index (κ1) is 19.9. The van der Waals surface area contributed by atoms with Crippen molar-refractivity contribution in [2.45, 2.75) is 33.7 Å². The van der Waals surface area contributed by atoms with Crippen molar-refractivity contribution in [2.75, 3.05) is 16.3 Å². The van der Waals surface area contributed by atoms with Crippen LogP contribution in [0.2, 0.25) is 0 Å². The summed E-state index contributed by atoms with van der Waals surface area (Å²) in [6.07, 6.45) is 0. The highest BCUT2D eigenvalue weighted by Gasteiger charge is 2.42. The van der Waals surface area contributed by atoms with E-state index in [4.69, 9.17) is 0 Å². The number of piperazine rings is 1. The third kappa shape index (κ3) is 3.39. The molecule has 4 nitrogen and oxygen atoms in total. The summed E-state index contributed by atoms with van der Waals surface area (Å²) in [5.41, 5.74) is 6.62. The Morgan fingerprint density at radius 1 is 0.767 bits per heavy atom. The molecule has 30 heavy (non-hydrogen) atoms. The number of carbonyl (C=O) groups is 2. The standard InChI is InChI=1S/C26H26N2O2/c1-17-13-14-22(19(3)15-17)28-24(29)16-27(23-12-8-9-18(2)20(23)4)26(30)25(28)21-10-6-5-7-11-21/h5-15,25H,16H2,1-4H3. The third-order valence-corrected chi connectivity index (χ3v) is 5.91. The lowest BCUT2D eigenvalue weighted by Crippen LogP contribution is -2.56. The van der Waals surface area contributed by atoms with Crippen LogP contribution in [-0.2, 0) is 9.59 Å². The number of anilines is 2. The molecule has 1 fully saturated rings. The van der Waals surface area contributed by atoms with E-state index in [0.717, 1.165) is 39.2 Å². The second kappa shape index (κ2) is 7.79. The molecule has 0 N–H and O–H groups in total. The molecule has 1 unspecified atom stereocenters. The molecule has 4 rings (SSSR count). The Morgan fingerprint density at radius 3 is 2.20 bits per heavy atom. The second-order valence-electron chi connectivity index (χ2n) is 8.01. The van der Waals surface area contributed by atoms with Crippen molar-refractivity contribution in [2.24, 2.45) is 0 Å². The van der Waals surface area contributed by atoms with Gasteiger partial charge in [0.15, 0.2) is 0 Å². The van der Waals surface area contributed by atoms with Crippen LogP contribution in [0, 0.1) is 27.7 Å². The summed E-state index contributed by atoms with van der Waals surface area (Å²) in [5, 5.41) is 0. The molecule has 3 aromatic rings. The molecule has 0 aliphatic carbocycles.